The van der Waals surface area contributed by atoms with Crippen molar-refractivity contribution in [3.05, 3.63) is 99.7 Å². The second-order valence-corrected chi connectivity index (χ2v) is 5.93. The maximum atomic E-state index is 13.0. The van der Waals surface area contributed by atoms with Crippen LogP contribution in [0.25, 0.3) is 0 Å². The van der Waals surface area contributed by atoms with Crippen LogP contribution in [0, 0.1) is 12.7 Å². The predicted octanol–water partition coefficient (Wildman–Crippen LogP) is 3.76. The van der Waals surface area contributed by atoms with Crippen molar-refractivity contribution >= 4 is 5.78 Å². The summed E-state index contributed by atoms with van der Waals surface area (Å²) >= 11 is 0. The van der Waals surface area contributed by atoms with E-state index in [2.05, 4.69) is 0 Å². The summed E-state index contributed by atoms with van der Waals surface area (Å²) in [4.78, 5) is 24.5. The molecule has 0 spiro atoms. The van der Waals surface area contributed by atoms with Gasteiger partial charge in [-0.15, -0.1) is 0 Å². The molecule has 2 aromatic carbocycles. The first-order chi connectivity index (χ1) is 12.5. The number of hydrogen-bond acceptors (Lipinski definition) is 3. The fourth-order valence-corrected chi connectivity index (χ4v) is 2.61. The van der Waals surface area contributed by atoms with Crippen LogP contribution in [0.2, 0.25) is 0 Å². The van der Waals surface area contributed by atoms with Crippen molar-refractivity contribution in [1.82, 2.24) is 4.57 Å². The first-order valence-corrected chi connectivity index (χ1v) is 8.20. The van der Waals surface area contributed by atoms with E-state index >= 15 is 0 Å². The third-order valence-electron chi connectivity index (χ3n) is 4.10. The number of benzene rings is 2. The van der Waals surface area contributed by atoms with Crippen LogP contribution in [-0.2, 0) is 13.2 Å². The molecule has 5 heteroatoms. The van der Waals surface area contributed by atoms with E-state index in [-0.39, 0.29) is 30.1 Å². The van der Waals surface area contributed by atoms with Gasteiger partial charge in [-0.05, 0) is 36.8 Å². The van der Waals surface area contributed by atoms with E-state index in [1.54, 1.807) is 17.7 Å². The lowest BCUT2D eigenvalue weighted by molar-refractivity contribution is 0.0970. The van der Waals surface area contributed by atoms with Gasteiger partial charge in [-0.3, -0.25) is 9.59 Å². The molecule has 0 aliphatic carbocycles. The average molecular weight is 351 g/mol. The zero-order valence-corrected chi connectivity index (χ0v) is 14.3. The lowest BCUT2D eigenvalue weighted by Gasteiger charge is -2.14. The van der Waals surface area contributed by atoms with Gasteiger partial charge in [0, 0.05) is 17.8 Å². The van der Waals surface area contributed by atoms with E-state index in [1.165, 1.54) is 30.3 Å². The summed E-state index contributed by atoms with van der Waals surface area (Å²) in [5.74, 6) is -0.341. The molecule has 0 radical (unpaired) electrons. The SMILES string of the molecule is Cc1c(OCc2ccccc2)c(=O)ccn1CC(=O)c1ccc(F)cc1. The van der Waals surface area contributed by atoms with E-state index in [9.17, 15) is 14.0 Å². The molecule has 0 N–H and O–H groups in total. The normalized spacial score (nSPS) is 10.5. The van der Waals surface area contributed by atoms with Crippen LogP contribution < -0.4 is 10.2 Å². The monoisotopic (exact) mass is 351 g/mol. The minimum Gasteiger partial charge on any atom is -0.483 e. The highest BCUT2D eigenvalue weighted by Gasteiger charge is 2.13. The zero-order valence-electron chi connectivity index (χ0n) is 14.3. The van der Waals surface area contributed by atoms with Gasteiger partial charge in [-0.25, -0.2) is 4.39 Å². The van der Waals surface area contributed by atoms with Crippen molar-refractivity contribution in [2.45, 2.75) is 20.1 Å². The number of ether oxygens (including phenoxy) is 1. The standard InChI is InChI=1S/C21H18FNO3/c1-15-21(26-14-16-5-3-2-4-6-16)19(24)11-12-23(15)13-20(25)17-7-9-18(22)10-8-17/h2-12H,13-14H2,1H3. The Labute approximate surface area is 150 Å². The molecule has 0 fully saturated rings. The van der Waals surface area contributed by atoms with E-state index in [1.807, 2.05) is 30.3 Å². The molecule has 0 aliphatic heterocycles. The third kappa shape index (κ3) is 4.06. The number of Topliss-reactive ketones (excluding diaryl/α,β-unsaturated/α-hetero) is 1. The Morgan fingerprint density at radius 2 is 1.73 bits per heavy atom. The van der Waals surface area contributed by atoms with Crippen molar-refractivity contribution in [3.8, 4) is 5.75 Å². The van der Waals surface area contributed by atoms with Gasteiger partial charge in [-0.1, -0.05) is 30.3 Å². The van der Waals surface area contributed by atoms with Gasteiger partial charge in [0.15, 0.2) is 11.5 Å². The molecule has 132 valence electrons. The van der Waals surface area contributed by atoms with E-state index in [4.69, 9.17) is 4.74 Å². The molecule has 3 aromatic rings. The minimum atomic E-state index is -0.391. The summed E-state index contributed by atoms with van der Waals surface area (Å²) in [6, 6.07) is 16.3. The molecule has 0 saturated heterocycles. The van der Waals surface area contributed by atoms with Crippen LogP contribution in [0.5, 0.6) is 5.75 Å². The zero-order chi connectivity index (χ0) is 18.5. The summed E-state index contributed by atoms with van der Waals surface area (Å²) in [6.07, 6.45) is 1.56. The third-order valence-corrected chi connectivity index (χ3v) is 4.10. The second kappa shape index (κ2) is 7.78. The van der Waals surface area contributed by atoms with Gasteiger partial charge in [0.2, 0.25) is 5.43 Å². The Morgan fingerprint density at radius 3 is 2.42 bits per heavy atom. The number of carbonyl (C=O) groups excluding carboxylic acids is 1. The molecule has 0 bridgehead atoms. The van der Waals surface area contributed by atoms with Crippen molar-refractivity contribution in [2.75, 3.05) is 0 Å². The van der Waals surface area contributed by atoms with Crippen LogP contribution in [0.4, 0.5) is 4.39 Å². The Bertz CT molecular complexity index is 963. The predicted molar refractivity (Wildman–Crippen MR) is 96.9 cm³/mol. The highest BCUT2D eigenvalue weighted by Crippen LogP contribution is 2.15. The number of carbonyl (C=O) groups is 1. The lowest BCUT2D eigenvalue weighted by Crippen LogP contribution is -2.18. The van der Waals surface area contributed by atoms with Gasteiger partial charge in [0.05, 0.1) is 12.2 Å². The van der Waals surface area contributed by atoms with E-state index < -0.39 is 5.82 Å². The lowest BCUT2D eigenvalue weighted by atomic mass is 10.1. The van der Waals surface area contributed by atoms with Crippen LogP contribution in [0.3, 0.4) is 0 Å². The topological polar surface area (TPSA) is 48.3 Å². The van der Waals surface area contributed by atoms with Crippen LogP contribution in [0.15, 0.2) is 71.7 Å². The first-order valence-electron chi connectivity index (χ1n) is 8.20. The summed E-state index contributed by atoms with van der Waals surface area (Å²) in [7, 11) is 0. The van der Waals surface area contributed by atoms with Crippen LogP contribution >= 0.6 is 0 Å². The fraction of sp³-hybridized carbons (Fsp3) is 0.143. The number of rotatable bonds is 6. The second-order valence-electron chi connectivity index (χ2n) is 5.93. The maximum absolute atomic E-state index is 13.0. The molecule has 0 atom stereocenters. The molecule has 0 unspecified atom stereocenters. The molecule has 26 heavy (non-hydrogen) atoms. The molecule has 3 rings (SSSR count). The minimum absolute atomic E-state index is 0.0411. The van der Waals surface area contributed by atoms with Crippen molar-refractivity contribution in [3.63, 3.8) is 0 Å². The largest absolute Gasteiger partial charge is 0.483 e. The van der Waals surface area contributed by atoms with Crippen molar-refractivity contribution < 1.29 is 13.9 Å². The van der Waals surface area contributed by atoms with E-state index in [0.29, 0.717) is 11.3 Å². The highest BCUT2D eigenvalue weighted by atomic mass is 19.1. The van der Waals surface area contributed by atoms with Gasteiger partial charge in [0.25, 0.3) is 0 Å². The molecule has 4 nitrogen and oxygen atoms in total. The molecular weight excluding hydrogens is 333 g/mol. The number of aromatic nitrogens is 1. The molecule has 1 heterocycles. The number of nitrogens with zero attached hydrogens (tertiary/aromatic N) is 1. The summed E-state index contributed by atoms with van der Waals surface area (Å²) in [5, 5.41) is 0. The molecule has 0 amide bonds. The molecule has 0 aliphatic rings. The Balaban J connectivity index is 1.79. The van der Waals surface area contributed by atoms with Crippen molar-refractivity contribution in [1.29, 1.82) is 0 Å². The number of pyridine rings is 1. The molecule has 1 aromatic heterocycles. The van der Waals surface area contributed by atoms with Gasteiger partial charge in [-0.2, -0.15) is 0 Å². The van der Waals surface area contributed by atoms with Gasteiger partial charge < -0.3 is 9.30 Å². The van der Waals surface area contributed by atoms with E-state index in [0.717, 1.165) is 5.56 Å². The Kier molecular flexibility index (Phi) is 5.27. The van der Waals surface area contributed by atoms with Crippen LogP contribution in [0.1, 0.15) is 21.6 Å². The van der Waals surface area contributed by atoms with Crippen LogP contribution in [-0.4, -0.2) is 10.4 Å². The number of ketones is 1. The highest BCUT2D eigenvalue weighted by molar-refractivity contribution is 5.95. The summed E-state index contributed by atoms with van der Waals surface area (Å²) in [5.41, 5.74) is 1.70. The Hall–Kier alpha value is -3.21. The van der Waals surface area contributed by atoms with Crippen molar-refractivity contribution in [2.24, 2.45) is 0 Å². The molecular formula is C21H18FNO3. The average Bonchev–Trinajstić information content (AvgIpc) is 2.65. The molecule has 0 saturated carbocycles. The maximum Gasteiger partial charge on any atom is 0.223 e. The number of halogens is 1. The fourth-order valence-electron chi connectivity index (χ4n) is 2.61. The quantitative estimate of drug-likeness (QED) is 0.636. The van der Waals surface area contributed by atoms with Gasteiger partial charge in [0.1, 0.15) is 12.4 Å². The summed E-state index contributed by atoms with van der Waals surface area (Å²) < 4.78 is 20.4. The summed E-state index contributed by atoms with van der Waals surface area (Å²) in [6.45, 7) is 2.05. The Morgan fingerprint density at radius 1 is 1.04 bits per heavy atom. The smallest absolute Gasteiger partial charge is 0.223 e. The number of hydrogen-bond donors (Lipinski definition) is 0. The van der Waals surface area contributed by atoms with Gasteiger partial charge >= 0.3 is 0 Å². The first kappa shape index (κ1) is 17.6.